The van der Waals surface area contributed by atoms with Crippen molar-refractivity contribution >= 4 is 11.9 Å². The second kappa shape index (κ2) is 7.14. The lowest BCUT2D eigenvalue weighted by Crippen LogP contribution is -2.35. The van der Waals surface area contributed by atoms with Crippen molar-refractivity contribution in [3.05, 3.63) is 40.3 Å². The fourth-order valence-electron chi connectivity index (χ4n) is 2.92. The molecule has 0 spiro atoms. The predicted octanol–water partition coefficient (Wildman–Crippen LogP) is 0.476. The first-order valence-electron chi connectivity index (χ1n) is 8.12. The lowest BCUT2D eigenvalue weighted by molar-refractivity contribution is 0.247. The van der Waals surface area contributed by atoms with Crippen molar-refractivity contribution in [3.8, 4) is 0 Å². The fourth-order valence-corrected chi connectivity index (χ4v) is 2.92. The van der Waals surface area contributed by atoms with E-state index in [0.717, 1.165) is 25.2 Å². The van der Waals surface area contributed by atoms with E-state index >= 15 is 0 Å². The molecule has 9 heteroatoms. The number of aromatic amines is 1. The number of halogens is 1. The number of anilines is 2. The van der Waals surface area contributed by atoms with Crippen LogP contribution in [0.5, 0.6) is 0 Å². The van der Waals surface area contributed by atoms with E-state index in [1.54, 1.807) is 4.90 Å². The Morgan fingerprint density at radius 3 is 2.72 bits per heavy atom. The quantitative estimate of drug-likeness (QED) is 0.842. The van der Waals surface area contributed by atoms with Crippen LogP contribution in [0.15, 0.2) is 23.3 Å². The molecule has 0 saturated carbocycles. The van der Waals surface area contributed by atoms with Gasteiger partial charge in [0, 0.05) is 45.8 Å². The minimum absolute atomic E-state index is 0.158. The van der Waals surface area contributed by atoms with Crippen LogP contribution in [0, 0.1) is 5.82 Å². The number of aromatic nitrogens is 4. The molecule has 1 aliphatic heterocycles. The van der Waals surface area contributed by atoms with E-state index < -0.39 is 5.82 Å². The molecule has 1 atom stereocenters. The fraction of sp³-hybridized carbons (Fsp3) is 0.500. The third-order valence-corrected chi connectivity index (χ3v) is 4.29. The summed E-state index contributed by atoms with van der Waals surface area (Å²) in [6.45, 7) is 2.14. The average Bonchev–Trinajstić information content (AvgIpc) is 3.05. The van der Waals surface area contributed by atoms with Crippen LogP contribution in [-0.2, 0) is 6.54 Å². The van der Waals surface area contributed by atoms with Gasteiger partial charge in [-0.15, -0.1) is 0 Å². The van der Waals surface area contributed by atoms with E-state index in [4.69, 9.17) is 0 Å². The van der Waals surface area contributed by atoms with E-state index in [0.29, 0.717) is 18.4 Å². The topological polar surface area (TPSA) is 81.2 Å². The van der Waals surface area contributed by atoms with Crippen LogP contribution < -0.4 is 15.4 Å². The second-order valence-electron chi connectivity index (χ2n) is 6.46. The summed E-state index contributed by atoms with van der Waals surface area (Å²) in [6.07, 6.45) is 3.31. The molecular formula is C16H22FN7O. The third-order valence-electron chi connectivity index (χ3n) is 4.29. The van der Waals surface area contributed by atoms with Gasteiger partial charge in [0.05, 0.1) is 18.1 Å². The van der Waals surface area contributed by atoms with Gasteiger partial charge >= 0.3 is 0 Å². The Hall–Kier alpha value is -2.55. The molecule has 2 aromatic rings. The summed E-state index contributed by atoms with van der Waals surface area (Å²) in [5.74, 6) is 0.652. The number of H-pyrrole nitrogens is 1. The van der Waals surface area contributed by atoms with Crippen LogP contribution >= 0.6 is 0 Å². The SMILES string of the molecule is CN(C)c1nc(CN(C)[C@@H]2CCN(c3ncc(F)cn3)C2)cc(=O)[nH]1. The van der Waals surface area contributed by atoms with Crippen LogP contribution in [0.25, 0.3) is 0 Å². The highest BCUT2D eigenvalue weighted by atomic mass is 19.1. The molecule has 3 rings (SSSR count). The molecule has 134 valence electrons. The second-order valence-corrected chi connectivity index (χ2v) is 6.46. The first-order valence-corrected chi connectivity index (χ1v) is 8.12. The molecule has 25 heavy (non-hydrogen) atoms. The zero-order valence-corrected chi connectivity index (χ0v) is 14.6. The Morgan fingerprint density at radius 1 is 1.32 bits per heavy atom. The molecule has 1 fully saturated rings. The van der Waals surface area contributed by atoms with E-state index in [2.05, 4.69) is 24.8 Å². The van der Waals surface area contributed by atoms with Crippen molar-refractivity contribution in [1.29, 1.82) is 0 Å². The summed E-state index contributed by atoms with van der Waals surface area (Å²) < 4.78 is 13.0. The summed E-state index contributed by atoms with van der Waals surface area (Å²) in [5.41, 5.74) is 0.571. The Labute approximate surface area is 145 Å². The van der Waals surface area contributed by atoms with E-state index in [9.17, 15) is 9.18 Å². The van der Waals surface area contributed by atoms with Gasteiger partial charge in [0.2, 0.25) is 11.9 Å². The van der Waals surface area contributed by atoms with Crippen molar-refractivity contribution in [2.45, 2.75) is 19.0 Å². The Balaban J connectivity index is 1.65. The molecule has 3 heterocycles. The van der Waals surface area contributed by atoms with Gasteiger partial charge in [0.25, 0.3) is 5.56 Å². The molecule has 1 saturated heterocycles. The van der Waals surface area contributed by atoms with Gasteiger partial charge in [0.1, 0.15) is 0 Å². The molecule has 0 aromatic carbocycles. The average molecular weight is 347 g/mol. The maximum absolute atomic E-state index is 13.0. The highest BCUT2D eigenvalue weighted by molar-refractivity contribution is 5.31. The molecule has 0 unspecified atom stereocenters. The van der Waals surface area contributed by atoms with Crippen LogP contribution in [0.1, 0.15) is 12.1 Å². The first kappa shape index (κ1) is 17.3. The summed E-state index contributed by atoms with van der Waals surface area (Å²) in [6, 6.07) is 1.82. The predicted molar refractivity (Wildman–Crippen MR) is 93.3 cm³/mol. The van der Waals surface area contributed by atoms with Gasteiger partial charge in [-0.1, -0.05) is 0 Å². The Kier molecular flexibility index (Phi) is 4.93. The van der Waals surface area contributed by atoms with Crippen LogP contribution in [0.2, 0.25) is 0 Å². The van der Waals surface area contributed by atoms with Crippen molar-refractivity contribution in [2.24, 2.45) is 0 Å². The molecule has 0 aliphatic carbocycles. The maximum Gasteiger partial charge on any atom is 0.252 e. The number of hydrogen-bond donors (Lipinski definition) is 1. The molecule has 1 N–H and O–H groups in total. The summed E-state index contributed by atoms with van der Waals surface area (Å²) >= 11 is 0. The zero-order valence-electron chi connectivity index (χ0n) is 14.6. The first-order chi connectivity index (χ1) is 11.9. The molecular weight excluding hydrogens is 325 g/mol. The molecule has 8 nitrogen and oxygen atoms in total. The van der Waals surface area contributed by atoms with Gasteiger partial charge in [-0.3, -0.25) is 14.7 Å². The van der Waals surface area contributed by atoms with E-state index in [-0.39, 0.29) is 11.6 Å². The Morgan fingerprint density at radius 2 is 2.04 bits per heavy atom. The largest absolute Gasteiger partial charge is 0.348 e. The minimum Gasteiger partial charge on any atom is -0.348 e. The lowest BCUT2D eigenvalue weighted by atomic mass is 10.2. The molecule has 1 aliphatic rings. The number of nitrogens with zero attached hydrogens (tertiary/aromatic N) is 6. The highest BCUT2D eigenvalue weighted by Gasteiger charge is 2.27. The van der Waals surface area contributed by atoms with E-state index in [1.807, 2.05) is 26.0 Å². The van der Waals surface area contributed by atoms with Gasteiger partial charge in [0.15, 0.2) is 5.82 Å². The van der Waals surface area contributed by atoms with Gasteiger partial charge < -0.3 is 9.80 Å². The van der Waals surface area contributed by atoms with Gasteiger partial charge in [-0.05, 0) is 13.5 Å². The molecule has 0 amide bonds. The van der Waals surface area contributed by atoms with Crippen molar-refractivity contribution in [2.75, 3.05) is 44.0 Å². The van der Waals surface area contributed by atoms with Crippen LogP contribution in [0.4, 0.5) is 16.3 Å². The highest BCUT2D eigenvalue weighted by Crippen LogP contribution is 2.20. The van der Waals surface area contributed by atoms with Crippen molar-refractivity contribution in [3.63, 3.8) is 0 Å². The van der Waals surface area contributed by atoms with Crippen molar-refractivity contribution < 1.29 is 4.39 Å². The molecule has 0 bridgehead atoms. The van der Waals surface area contributed by atoms with Crippen LogP contribution in [-0.4, -0.2) is 65.1 Å². The van der Waals surface area contributed by atoms with Crippen LogP contribution in [0.3, 0.4) is 0 Å². The van der Waals surface area contributed by atoms with E-state index in [1.165, 1.54) is 18.5 Å². The van der Waals surface area contributed by atoms with Crippen molar-refractivity contribution in [1.82, 2.24) is 24.8 Å². The normalized spacial score (nSPS) is 17.3. The number of hydrogen-bond acceptors (Lipinski definition) is 7. The summed E-state index contributed by atoms with van der Waals surface area (Å²) in [5, 5.41) is 0. The lowest BCUT2D eigenvalue weighted by Gasteiger charge is -2.24. The summed E-state index contributed by atoms with van der Waals surface area (Å²) in [4.78, 5) is 33.0. The van der Waals surface area contributed by atoms with Gasteiger partial charge in [-0.25, -0.2) is 19.3 Å². The monoisotopic (exact) mass is 347 g/mol. The molecule has 2 aromatic heterocycles. The standard InChI is InChI=1S/C16H22FN7O/c1-22(2)16-20-12(6-14(25)21-16)9-23(3)13-4-5-24(10-13)15-18-7-11(17)8-19-15/h6-8,13H,4-5,9-10H2,1-3H3,(H,20,21,25)/t13-/m1/s1. The summed E-state index contributed by atoms with van der Waals surface area (Å²) in [7, 11) is 5.69. The smallest absolute Gasteiger partial charge is 0.252 e. The number of rotatable bonds is 5. The zero-order chi connectivity index (χ0) is 18.0. The third kappa shape index (κ3) is 4.11. The molecule has 0 radical (unpaired) electrons. The number of likely N-dealkylation sites (N-methyl/N-ethyl adjacent to an activating group) is 1. The minimum atomic E-state index is -0.436. The number of nitrogens with one attached hydrogen (secondary N) is 1. The van der Waals surface area contributed by atoms with Gasteiger partial charge in [-0.2, -0.15) is 0 Å². The Bertz CT molecular complexity index is 777. The maximum atomic E-state index is 13.0.